The molecule has 0 aromatic carbocycles. The maximum atomic E-state index is 11.3. The highest BCUT2D eigenvalue weighted by Crippen LogP contribution is 2.18. The van der Waals surface area contributed by atoms with E-state index in [-0.39, 0.29) is 11.9 Å². The quantitative estimate of drug-likeness (QED) is 0.883. The fourth-order valence-corrected chi connectivity index (χ4v) is 1.64. The van der Waals surface area contributed by atoms with E-state index in [0.29, 0.717) is 12.1 Å². The van der Waals surface area contributed by atoms with Gasteiger partial charge in [-0.2, -0.15) is 5.10 Å². The molecule has 2 aromatic rings. The molecule has 5 nitrogen and oxygen atoms in total. The van der Waals surface area contributed by atoms with Crippen molar-refractivity contribution in [1.82, 2.24) is 14.8 Å². The average molecular weight is 232 g/mol. The molecule has 2 aromatic heterocycles. The Bertz CT molecular complexity index is 544. The van der Waals surface area contributed by atoms with Crippen LogP contribution in [0.3, 0.4) is 0 Å². The molecule has 0 aliphatic rings. The van der Waals surface area contributed by atoms with E-state index >= 15 is 0 Å². The minimum Gasteiger partial charge on any atom is -0.325 e. The van der Waals surface area contributed by atoms with E-state index in [4.69, 9.17) is 0 Å². The standard InChI is InChI=1S/C12H16N4O/c1-4-11(17)15-10-5-9-6-14-16(8(2)3)12(9)13-7-10/h5-8H,4H2,1-3H3,(H,15,17). The molecule has 17 heavy (non-hydrogen) atoms. The first kappa shape index (κ1) is 11.6. The van der Waals surface area contributed by atoms with Gasteiger partial charge < -0.3 is 5.32 Å². The number of nitrogens with zero attached hydrogens (tertiary/aromatic N) is 3. The zero-order chi connectivity index (χ0) is 12.4. The smallest absolute Gasteiger partial charge is 0.224 e. The van der Waals surface area contributed by atoms with Crippen molar-refractivity contribution in [1.29, 1.82) is 0 Å². The first-order valence-electron chi connectivity index (χ1n) is 5.75. The van der Waals surface area contributed by atoms with Gasteiger partial charge in [0.1, 0.15) is 0 Å². The van der Waals surface area contributed by atoms with Gasteiger partial charge in [0, 0.05) is 17.8 Å². The molecule has 1 N–H and O–H groups in total. The Kier molecular flexibility index (Phi) is 3.08. The molecule has 90 valence electrons. The Labute approximate surface area is 99.8 Å². The van der Waals surface area contributed by atoms with Gasteiger partial charge in [-0.05, 0) is 19.9 Å². The van der Waals surface area contributed by atoms with E-state index in [1.165, 1.54) is 0 Å². The molecule has 0 aliphatic carbocycles. The lowest BCUT2D eigenvalue weighted by Gasteiger charge is -2.07. The molecule has 1 amide bonds. The lowest BCUT2D eigenvalue weighted by atomic mass is 10.3. The van der Waals surface area contributed by atoms with Crippen LogP contribution in [0.15, 0.2) is 18.5 Å². The number of carbonyl (C=O) groups excluding carboxylic acids is 1. The van der Waals surface area contributed by atoms with Gasteiger partial charge in [-0.3, -0.25) is 4.79 Å². The molecule has 0 fully saturated rings. The van der Waals surface area contributed by atoms with Crippen LogP contribution in [0.4, 0.5) is 5.69 Å². The Morgan fingerprint density at radius 3 is 2.88 bits per heavy atom. The zero-order valence-electron chi connectivity index (χ0n) is 10.3. The number of rotatable bonds is 3. The molecule has 0 saturated heterocycles. The summed E-state index contributed by atoms with van der Waals surface area (Å²) < 4.78 is 1.86. The molecule has 0 spiro atoms. The number of aromatic nitrogens is 3. The largest absolute Gasteiger partial charge is 0.325 e. The number of hydrogen-bond acceptors (Lipinski definition) is 3. The van der Waals surface area contributed by atoms with Gasteiger partial charge in [-0.25, -0.2) is 9.67 Å². The normalized spacial score (nSPS) is 11.1. The number of pyridine rings is 1. The summed E-state index contributed by atoms with van der Waals surface area (Å²) >= 11 is 0. The van der Waals surface area contributed by atoms with Crippen molar-refractivity contribution >= 4 is 22.6 Å². The summed E-state index contributed by atoms with van der Waals surface area (Å²) in [6.45, 7) is 5.93. The number of anilines is 1. The first-order valence-corrected chi connectivity index (χ1v) is 5.75. The molecule has 5 heteroatoms. The van der Waals surface area contributed by atoms with Gasteiger partial charge in [0.05, 0.1) is 18.1 Å². The van der Waals surface area contributed by atoms with Crippen LogP contribution in [-0.4, -0.2) is 20.7 Å². The third-order valence-corrected chi connectivity index (χ3v) is 2.53. The summed E-state index contributed by atoms with van der Waals surface area (Å²) in [6, 6.07) is 2.16. The van der Waals surface area contributed by atoms with E-state index in [2.05, 4.69) is 29.2 Å². The van der Waals surface area contributed by atoms with E-state index in [0.717, 1.165) is 11.0 Å². The minimum atomic E-state index is -0.0117. The maximum Gasteiger partial charge on any atom is 0.224 e. The predicted octanol–water partition coefficient (Wildman–Crippen LogP) is 2.36. The second kappa shape index (κ2) is 4.53. The molecule has 0 aliphatic heterocycles. The number of carbonyl (C=O) groups is 1. The molecule has 0 atom stereocenters. The number of hydrogen-bond donors (Lipinski definition) is 1. The molecule has 2 heterocycles. The second-order valence-electron chi connectivity index (χ2n) is 4.22. The second-order valence-corrected chi connectivity index (χ2v) is 4.22. The summed E-state index contributed by atoms with van der Waals surface area (Å²) in [5.41, 5.74) is 1.56. The summed E-state index contributed by atoms with van der Waals surface area (Å²) in [5, 5.41) is 8.00. The Morgan fingerprint density at radius 1 is 1.47 bits per heavy atom. The molecule has 0 radical (unpaired) electrons. The summed E-state index contributed by atoms with van der Waals surface area (Å²) in [4.78, 5) is 15.6. The van der Waals surface area contributed by atoms with Crippen LogP contribution in [0.2, 0.25) is 0 Å². The molecule has 0 unspecified atom stereocenters. The highest BCUT2D eigenvalue weighted by atomic mass is 16.1. The van der Waals surface area contributed by atoms with Gasteiger partial charge in [0.15, 0.2) is 5.65 Å². The maximum absolute atomic E-state index is 11.3. The average Bonchev–Trinajstić information content (AvgIpc) is 2.71. The van der Waals surface area contributed by atoms with Crippen molar-refractivity contribution in [2.45, 2.75) is 33.2 Å². The van der Waals surface area contributed by atoms with Gasteiger partial charge in [0.2, 0.25) is 5.91 Å². The summed E-state index contributed by atoms with van der Waals surface area (Å²) in [5.74, 6) is -0.0117. The van der Waals surface area contributed by atoms with Crippen LogP contribution in [0.5, 0.6) is 0 Å². The molecule has 0 bridgehead atoms. The van der Waals surface area contributed by atoms with Crippen LogP contribution >= 0.6 is 0 Å². The number of fused-ring (bicyclic) bond motifs is 1. The highest BCUT2D eigenvalue weighted by molar-refractivity contribution is 5.92. The Morgan fingerprint density at radius 2 is 2.24 bits per heavy atom. The topological polar surface area (TPSA) is 59.8 Å². The van der Waals surface area contributed by atoms with E-state index in [1.54, 1.807) is 12.4 Å². The lowest BCUT2D eigenvalue weighted by molar-refractivity contribution is -0.115. The highest BCUT2D eigenvalue weighted by Gasteiger charge is 2.08. The third-order valence-electron chi connectivity index (χ3n) is 2.53. The summed E-state index contributed by atoms with van der Waals surface area (Å²) in [7, 11) is 0. The zero-order valence-corrected chi connectivity index (χ0v) is 10.3. The fourth-order valence-electron chi connectivity index (χ4n) is 1.64. The van der Waals surface area contributed by atoms with Gasteiger partial charge in [-0.15, -0.1) is 0 Å². The van der Waals surface area contributed by atoms with Crippen LogP contribution in [0.25, 0.3) is 11.0 Å². The Balaban J connectivity index is 2.36. The minimum absolute atomic E-state index is 0.0117. The van der Waals surface area contributed by atoms with Crippen LogP contribution in [0, 0.1) is 0 Å². The molecule has 0 saturated carbocycles. The van der Waals surface area contributed by atoms with Crippen molar-refractivity contribution in [2.75, 3.05) is 5.32 Å². The van der Waals surface area contributed by atoms with E-state index < -0.39 is 0 Å². The van der Waals surface area contributed by atoms with Gasteiger partial charge >= 0.3 is 0 Å². The molecular formula is C12H16N4O. The van der Waals surface area contributed by atoms with Crippen molar-refractivity contribution in [2.24, 2.45) is 0 Å². The SMILES string of the molecule is CCC(=O)Nc1cnc2c(cnn2C(C)C)c1. The summed E-state index contributed by atoms with van der Waals surface area (Å²) in [6.07, 6.45) is 3.89. The predicted molar refractivity (Wildman–Crippen MR) is 66.8 cm³/mol. The third kappa shape index (κ3) is 2.27. The van der Waals surface area contributed by atoms with E-state index in [9.17, 15) is 4.79 Å². The monoisotopic (exact) mass is 232 g/mol. The molecular weight excluding hydrogens is 216 g/mol. The fraction of sp³-hybridized carbons (Fsp3) is 0.417. The van der Waals surface area contributed by atoms with Crippen LogP contribution in [0.1, 0.15) is 33.2 Å². The van der Waals surface area contributed by atoms with Crippen LogP contribution < -0.4 is 5.32 Å². The van der Waals surface area contributed by atoms with Crippen molar-refractivity contribution < 1.29 is 4.79 Å². The van der Waals surface area contributed by atoms with Gasteiger partial charge in [0.25, 0.3) is 0 Å². The van der Waals surface area contributed by atoms with Crippen molar-refractivity contribution in [3.8, 4) is 0 Å². The van der Waals surface area contributed by atoms with Crippen molar-refractivity contribution in [3.05, 3.63) is 18.5 Å². The lowest BCUT2D eigenvalue weighted by Crippen LogP contribution is -2.09. The molecule has 2 rings (SSSR count). The number of amides is 1. The first-order chi connectivity index (χ1) is 8.11. The van der Waals surface area contributed by atoms with Crippen LogP contribution in [-0.2, 0) is 4.79 Å². The number of nitrogens with one attached hydrogen (secondary N) is 1. The van der Waals surface area contributed by atoms with E-state index in [1.807, 2.05) is 17.7 Å². The Hall–Kier alpha value is -1.91. The van der Waals surface area contributed by atoms with Crippen molar-refractivity contribution in [3.63, 3.8) is 0 Å². The van der Waals surface area contributed by atoms with Gasteiger partial charge in [-0.1, -0.05) is 6.92 Å².